The minimum atomic E-state index is 0.695. The molecule has 0 unspecified atom stereocenters. The zero-order chi connectivity index (χ0) is 9.97. The number of anilines is 1. The van der Waals surface area contributed by atoms with Crippen LogP contribution in [-0.2, 0) is 6.42 Å². The summed E-state index contributed by atoms with van der Waals surface area (Å²) in [5.74, 6) is 0.695. The Morgan fingerprint density at radius 1 is 1.43 bits per heavy atom. The van der Waals surface area contributed by atoms with Gasteiger partial charge in [-0.2, -0.15) is 5.10 Å². The smallest absolute Gasteiger partial charge is 0.130 e. The standard InChI is InChI=1S/C10H12N4/c1-2-8-6-13-14(10(8)11)9-4-3-5-12-7-9/h3-7H,2,11H2,1H3. The molecule has 0 aliphatic heterocycles. The zero-order valence-corrected chi connectivity index (χ0v) is 8.01. The first kappa shape index (κ1) is 8.74. The third kappa shape index (κ3) is 1.35. The van der Waals surface area contributed by atoms with Gasteiger partial charge in [0.15, 0.2) is 0 Å². The van der Waals surface area contributed by atoms with Crippen molar-refractivity contribution in [2.75, 3.05) is 5.73 Å². The number of hydrogen-bond acceptors (Lipinski definition) is 3. The normalized spacial score (nSPS) is 10.4. The Balaban J connectivity index is 2.48. The highest BCUT2D eigenvalue weighted by molar-refractivity contribution is 5.45. The van der Waals surface area contributed by atoms with Gasteiger partial charge in [0.1, 0.15) is 5.82 Å². The van der Waals surface area contributed by atoms with Gasteiger partial charge < -0.3 is 5.73 Å². The highest BCUT2D eigenvalue weighted by Gasteiger charge is 2.06. The summed E-state index contributed by atoms with van der Waals surface area (Å²) in [5, 5.41) is 4.21. The molecule has 0 atom stereocenters. The van der Waals surface area contributed by atoms with E-state index in [1.165, 1.54) is 0 Å². The highest BCUT2D eigenvalue weighted by Crippen LogP contribution is 2.15. The molecule has 0 amide bonds. The fourth-order valence-corrected chi connectivity index (χ4v) is 1.35. The molecule has 0 radical (unpaired) electrons. The van der Waals surface area contributed by atoms with E-state index >= 15 is 0 Å². The Bertz CT molecular complexity index is 419. The maximum absolute atomic E-state index is 5.92. The second-order valence-corrected chi connectivity index (χ2v) is 3.03. The van der Waals surface area contributed by atoms with Crippen LogP contribution in [0.5, 0.6) is 0 Å². The monoisotopic (exact) mass is 188 g/mol. The maximum Gasteiger partial charge on any atom is 0.130 e. The molecule has 0 bridgehead atoms. The second kappa shape index (κ2) is 3.49. The van der Waals surface area contributed by atoms with Crippen molar-refractivity contribution in [2.24, 2.45) is 0 Å². The molecule has 2 heterocycles. The van der Waals surface area contributed by atoms with E-state index < -0.39 is 0 Å². The van der Waals surface area contributed by atoms with E-state index in [0.29, 0.717) is 5.82 Å². The molecule has 0 aliphatic carbocycles. The molecule has 0 aromatic carbocycles. The lowest BCUT2D eigenvalue weighted by Crippen LogP contribution is -2.02. The molecule has 4 heteroatoms. The Morgan fingerprint density at radius 2 is 2.29 bits per heavy atom. The van der Waals surface area contributed by atoms with Crippen LogP contribution in [0.1, 0.15) is 12.5 Å². The molecule has 2 aromatic rings. The van der Waals surface area contributed by atoms with E-state index in [0.717, 1.165) is 17.7 Å². The molecule has 0 saturated heterocycles. The number of aromatic nitrogens is 3. The Labute approximate surface area is 82.4 Å². The first-order valence-corrected chi connectivity index (χ1v) is 4.55. The molecule has 0 aliphatic rings. The number of hydrogen-bond donors (Lipinski definition) is 1. The van der Waals surface area contributed by atoms with Crippen LogP contribution in [0.2, 0.25) is 0 Å². The van der Waals surface area contributed by atoms with E-state index in [1.807, 2.05) is 12.1 Å². The predicted octanol–water partition coefficient (Wildman–Crippen LogP) is 1.41. The van der Waals surface area contributed by atoms with Gasteiger partial charge in [-0.05, 0) is 18.6 Å². The summed E-state index contributed by atoms with van der Waals surface area (Å²) in [6.07, 6.45) is 6.15. The zero-order valence-electron chi connectivity index (χ0n) is 8.01. The summed E-state index contributed by atoms with van der Waals surface area (Å²) in [6, 6.07) is 3.79. The van der Waals surface area contributed by atoms with Gasteiger partial charge in [0.2, 0.25) is 0 Å². The largest absolute Gasteiger partial charge is 0.383 e. The Morgan fingerprint density at radius 3 is 2.86 bits per heavy atom. The van der Waals surface area contributed by atoms with Crippen molar-refractivity contribution in [3.63, 3.8) is 0 Å². The third-order valence-corrected chi connectivity index (χ3v) is 2.16. The van der Waals surface area contributed by atoms with Crippen molar-refractivity contribution in [3.05, 3.63) is 36.3 Å². The number of nitrogen functional groups attached to an aromatic ring is 1. The molecule has 0 spiro atoms. The van der Waals surface area contributed by atoms with Gasteiger partial charge in [0.25, 0.3) is 0 Å². The van der Waals surface area contributed by atoms with Crippen LogP contribution >= 0.6 is 0 Å². The number of pyridine rings is 1. The van der Waals surface area contributed by atoms with E-state index in [1.54, 1.807) is 23.3 Å². The summed E-state index contributed by atoms with van der Waals surface area (Å²) >= 11 is 0. The predicted molar refractivity (Wildman–Crippen MR) is 55.1 cm³/mol. The molecule has 2 rings (SSSR count). The van der Waals surface area contributed by atoms with Gasteiger partial charge in [-0.1, -0.05) is 6.92 Å². The van der Waals surface area contributed by atoms with Gasteiger partial charge in [-0.3, -0.25) is 4.98 Å². The first-order valence-electron chi connectivity index (χ1n) is 4.55. The number of nitrogens with zero attached hydrogens (tertiary/aromatic N) is 3. The van der Waals surface area contributed by atoms with Gasteiger partial charge in [0.05, 0.1) is 18.1 Å². The quantitative estimate of drug-likeness (QED) is 0.775. The molecule has 2 N–H and O–H groups in total. The van der Waals surface area contributed by atoms with E-state index in [2.05, 4.69) is 17.0 Å². The van der Waals surface area contributed by atoms with Crippen LogP contribution in [0.15, 0.2) is 30.7 Å². The van der Waals surface area contributed by atoms with Crippen LogP contribution in [0.4, 0.5) is 5.82 Å². The molecule has 14 heavy (non-hydrogen) atoms. The van der Waals surface area contributed by atoms with Crippen LogP contribution < -0.4 is 5.73 Å². The molecular weight excluding hydrogens is 176 g/mol. The Kier molecular flexibility index (Phi) is 2.18. The Hall–Kier alpha value is -1.84. The van der Waals surface area contributed by atoms with Gasteiger partial charge >= 0.3 is 0 Å². The molecule has 72 valence electrons. The summed E-state index contributed by atoms with van der Waals surface area (Å²) in [7, 11) is 0. The second-order valence-electron chi connectivity index (χ2n) is 3.03. The van der Waals surface area contributed by atoms with E-state index in [-0.39, 0.29) is 0 Å². The lowest BCUT2D eigenvalue weighted by Gasteiger charge is -2.03. The molecule has 4 nitrogen and oxygen atoms in total. The summed E-state index contributed by atoms with van der Waals surface area (Å²) in [6.45, 7) is 2.06. The van der Waals surface area contributed by atoms with Crippen LogP contribution in [0.3, 0.4) is 0 Å². The van der Waals surface area contributed by atoms with Gasteiger partial charge in [-0.15, -0.1) is 0 Å². The van der Waals surface area contributed by atoms with Crippen LogP contribution in [-0.4, -0.2) is 14.8 Å². The van der Waals surface area contributed by atoms with Crippen molar-refractivity contribution in [2.45, 2.75) is 13.3 Å². The summed E-state index contributed by atoms with van der Waals surface area (Å²) in [5.41, 5.74) is 7.88. The lowest BCUT2D eigenvalue weighted by molar-refractivity contribution is 0.884. The fraction of sp³-hybridized carbons (Fsp3) is 0.200. The topological polar surface area (TPSA) is 56.7 Å². The first-order chi connectivity index (χ1) is 6.83. The van der Waals surface area contributed by atoms with Gasteiger partial charge in [0, 0.05) is 11.8 Å². The number of nitrogens with two attached hydrogens (primary N) is 1. The van der Waals surface area contributed by atoms with Gasteiger partial charge in [-0.25, -0.2) is 4.68 Å². The van der Waals surface area contributed by atoms with E-state index in [4.69, 9.17) is 5.73 Å². The average Bonchev–Trinajstić information content (AvgIpc) is 2.61. The summed E-state index contributed by atoms with van der Waals surface area (Å²) < 4.78 is 1.70. The third-order valence-electron chi connectivity index (χ3n) is 2.16. The molecule has 0 saturated carbocycles. The molecular formula is C10H12N4. The van der Waals surface area contributed by atoms with Crippen molar-refractivity contribution in [1.29, 1.82) is 0 Å². The van der Waals surface area contributed by atoms with Crippen LogP contribution in [0.25, 0.3) is 5.69 Å². The number of aryl methyl sites for hydroxylation is 1. The minimum absolute atomic E-state index is 0.695. The summed E-state index contributed by atoms with van der Waals surface area (Å²) in [4.78, 5) is 4.02. The number of rotatable bonds is 2. The fourth-order valence-electron chi connectivity index (χ4n) is 1.35. The van der Waals surface area contributed by atoms with Crippen molar-refractivity contribution < 1.29 is 0 Å². The average molecular weight is 188 g/mol. The maximum atomic E-state index is 5.92. The lowest BCUT2D eigenvalue weighted by atomic mass is 10.2. The van der Waals surface area contributed by atoms with Crippen molar-refractivity contribution in [3.8, 4) is 5.69 Å². The van der Waals surface area contributed by atoms with Crippen molar-refractivity contribution >= 4 is 5.82 Å². The van der Waals surface area contributed by atoms with Crippen LogP contribution in [0, 0.1) is 0 Å². The highest BCUT2D eigenvalue weighted by atomic mass is 15.3. The molecule has 0 fully saturated rings. The minimum Gasteiger partial charge on any atom is -0.383 e. The molecule has 2 aromatic heterocycles. The van der Waals surface area contributed by atoms with E-state index in [9.17, 15) is 0 Å². The SMILES string of the molecule is CCc1cnn(-c2cccnc2)c1N. The van der Waals surface area contributed by atoms with Crippen molar-refractivity contribution in [1.82, 2.24) is 14.8 Å².